The van der Waals surface area contributed by atoms with Gasteiger partial charge in [0.1, 0.15) is 0 Å². The molecule has 124 valence electrons. The van der Waals surface area contributed by atoms with E-state index >= 15 is 0 Å². The topological polar surface area (TPSA) is 110 Å². The van der Waals surface area contributed by atoms with Gasteiger partial charge in [0.25, 0.3) is 11.6 Å². The van der Waals surface area contributed by atoms with Crippen molar-refractivity contribution in [2.45, 2.75) is 12.8 Å². The molecule has 0 saturated carbocycles. The molecule has 1 saturated heterocycles. The van der Waals surface area contributed by atoms with Gasteiger partial charge in [-0.15, -0.1) is 0 Å². The van der Waals surface area contributed by atoms with Crippen LogP contribution in [-0.2, 0) is 4.79 Å². The van der Waals surface area contributed by atoms with E-state index in [0.717, 1.165) is 0 Å². The van der Waals surface area contributed by atoms with Crippen LogP contribution < -0.4 is 10.6 Å². The highest BCUT2D eigenvalue weighted by Crippen LogP contribution is 2.27. The largest absolute Gasteiger partial charge is 0.377 e. The zero-order valence-electron chi connectivity index (χ0n) is 13.2. The molecule has 2 rings (SSSR count). The molecule has 1 unspecified atom stereocenters. The molecule has 8 heteroatoms. The molecule has 0 aliphatic carbocycles. The molecule has 8 nitrogen and oxygen atoms in total. The minimum absolute atomic E-state index is 0.137. The van der Waals surface area contributed by atoms with Crippen LogP contribution >= 0.6 is 0 Å². The van der Waals surface area contributed by atoms with E-state index in [1.807, 2.05) is 0 Å². The second-order valence-corrected chi connectivity index (χ2v) is 5.85. The Balaban J connectivity index is 2.35. The number of carbonyl (C=O) groups is 2. The van der Waals surface area contributed by atoms with Crippen LogP contribution in [0.3, 0.4) is 0 Å². The molecule has 1 aromatic carbocycles. The monoisotopic (exact) mass is 320 g/mol. The summed E-state index contributed by atoms with van der Waals surface area (Å²) >= 11 is 0. The Labute approximate surface area is 134 Å². The average Bonchev–Trinajstić information content (AvgIpc) is 2.53. The van der Waals surface area contributed by atoms with E-state index in [2.05, 4.69) is 0 Å². The molecule has 23 heavy (non-hydrogen) atoms. The number of nitrogens with zero attached hydrogens (tertiary/aromatic N) is 3. The molecule has 0 spiro atoms. The number of hydrogen-bond acceptors (Lipinski definition) is 5. The number of rotatable bonds is 4. The first-order chi connectivity index (χ1) is 10.8. The summed E-state index contributed by atoms with van der Waals surface area (Å²) in [5.74, 6) is -1.10. The third kappa shape index (κ3) is 3.58. The third-order valence-corrected chi connectivity index (χ3v) is 4.01. The number of piperidine rings is 1. The van der Waals surface area contributed by atoms with Crippen LogP contribution in [0.25, 0.3) is 0 Å². The summed E-state index contributed by atoms with van der Waals surface area (Å²) in [6, 6.07) is 4.21. The molecule has 1 heterocycles. The van der Waals surface area contributed by atoms with Gasteiger partial charge in [-0.25, -0.2) is 0 Å². The minimum atomic E-state index is -0.529. The number of benzene rings is 1. The van der Waals surface area contributed by atoms with E-state index in [1.165, 1.54) is 12.1 Å². The number of primary amides is 1. The van der Waals surface area contributed by atoms with Gasteiger partial charge in [0.15, 0.2) is 0 Å². The van der Waals surface area contributed by atoms with Crippen LogP contribution in [0.15, 0.2) is 18.2 Å². The van der Waals surface area contributed by atoms with E-state index in [9.17, 15) is 19.7 Å². The lowest BCUT2D eigenvalue weighted by atomic mass is 9.96. The molecule has 1 fully saturated rings. The van der Waals surface area contributed by atoms with Gasteiger partial charge in [-0.3, -0.25) is 19.7 Å². The number of non-ortho nitro benzene ring substituents is 1. The van der Waals surface area contributed by atoms with Crippen LogP contribution in [0, 0.1) is 16.0 Å². The van der Waals surface area contributed by atoms with Gasteiger partial charge in [-0.2, -0.15) is 0 Å². The third-order valence-electron chi connectivity index (χ3n) is 4.01. The Kier molecular flexibility index (Phi) is 4.83. The summed E-state index contributed by atoms with van der Waals surface area (Å²) in [7, 11) is 3.53. The van der Waals surface area contributed by atoms with E-state index in [-0.39, 0.29) is 29.6 Å². The lowest BCUT2D eigenvalue weighted by Gasteiger charge is -2.32. The van der Waals surface area contributed by atoms with Crippen molar-refractivity contribution >= 4 is 23.2 Å². The van der Waals surface area contributed by atoms with Crippen LogP contribution in [0.4, 0.5) is 11.4 Å². The number of likely N-dealkylation sites (tertiary alicyclic amines) is 1. The summed E-state index contributed by atoms with van der Waals surface area (Å²) < 4.78 is 0. The summed E-state index contributed by atoms with van der Waals surface area (Å²) in [5, 5.41) is 11.0. The standard InChI is InChI=1S/C15H20N4O4/c1-17(2)13-6-5-11(19(22)23)8-12(13)15(21)18-7-3-4-10(9-18)14(16)20/h5-6,8,10H,3-4,7,9H2,1-2H3,(H2,16,20). The van der Waals surface area contributed by atoms with Crippen molar-refractivity contribution in [1.29, 1.82) is 0 Å². The highest BCUT2D eigenvalue weighted by molar-refractivity contribution is 6.00. The van der Waals surface area contributed by atoms with Gasteiger partial charge in [0.2, 0.25) is 5.91 Å². The van der Waals surface area contributed by atoms with Gasteiger partial charge >= 0.3 is 0 Å². The molecule has 2 amide bonds. The van der Waals surface area contributed by atoms with Gasteiger partial charge in [-0.05, 0) is 18.9 Å². The zero-order chi connectivity index (χ0) is 17.1. The predicted octanol–water partition coefficient (Wildman–Crippen LogP) is 0.998. The van der Waals surface area contributed by atoms with Crippen LogP contribution in [-0.4, -0.2) is 48.8 Å². The van der Waals surface area contributed by atoms with Crippen molar-refractivity contribution in [3.8, 4) is 0 Å². The van der Waals surface area contributed by atoms with Crippen molar-refractivity contribution in [2.75, 3.05) is 32.1 Å². The summed E-state index contributed by atoms with van der Waals surface area (Å²) in [5.41, 5.74) is 6.06. The Morgan fingerprint density at radius 1 is 1.39 bits per heavy atom. The van der Waals surface area contributed by atoms with Crippen molar-refractivity contribution < 1.29 is 14.5 Å². The molecular formula is C15H20N4O4. The Bertz CT molecular complexity index is 644. The van der Waals surface area contributed by atoms with Crippen molar-refractivity contribution in [3.63, 3.8) is 0 Å². The maximum atomic E-state index is 12.8. The number of anilines is 1. The van der Waals surface area contributed by atoms with E-state index < -0.39 is 10.8 Å². The second-order valence-electron chi connectivity index (χ2n) is 5.85. The maximum Gasteiger partial charge on any atom is 0.270 e. The first kappa shape index (κ1) is 16.7. The smallest absolute Gasteiger partial charge is 0.270 e. The highest BCUT2D eigenvalue weighted by Gasteiger charge is 2.29. The van der Waals surface area contributed by atoms with Crippen molar-refractivity contribution in [3.05, 3.63) is 33.9 Å². The molecule has 2 N–H and O–H groups in total. The van der Waals surface area contributed by atoms with Gasteiger partial charge in [0, 0.05) is 45.0 Å². The summed E-state index contributed by atoms with van der Waals surface area (Å²) in [4.78, 5) is 37.9. The molecule has 0 radical (unpaired) electrons. The van der Waals surface area contributed by atoms with E-state index in [0.29, 0.717) is 25.1 Å². The van der Waals surface area contributed by atoms with Gasteiger partial charge in [-0.1, -0.05) is 0 Å². The second kappa shape index (κ2) is 6.64. The fourth-order valence-corrected chi connectivity index (χ4v) is 2.76. The number of hydrogen-bond donors (Lipinski definition) is 1. The maximum absolute atomic E-state index is 12.8. The molecule has 1 aromatic rings. The van der Waals surface area contributed by atoms with Gasteiger partial charge in [0.05, 0.1) is 16.4 Å². The van der Waals surface area contributed by atoms with Crippen molar-refractivity contribution in [2.24, 2.45) is 11.7 Å². The zero-order valence-corrected chi connectivity index (χ0v) is 13.2. The van der Waals surface area contributed by atoms with Crippen LogP contribution in [0.5, 0.6) is 0 Å². The van der Waals surface area contributed by atoms with Crippen molar-refractivity contribution in [1.82, 2.24) is 4.90 Å². The van der Waals surface area contributed by atoms with Crippen LogP contribution in [0.2, 0.25) is 0 Å². The Morgan fingerprint density at radius 3 is 2.65 bits per heavy atom. The number of nitrogens with two attached hydrogens (primary N) is 1. The first-order valence-electron chi connectivity index (χ1n) is 7.35. The van der Waals surface area contributed by atoms with E-state index in [1.54, 1.807) is 30.0 Å². The number of nitro groups is 1. The minimum Gasteiger partial charge on any atom is -0.377 e. The summed E-state index contributed by atoms with van der Waals surface area (Å²) in [6.07, 6.45) is 1.35. The van der Waals surface area contributed by atoms with Crippen LogP contribution in [0.1, 0.15) is 23.2 Å². The normalized spacial score (nSPS) is 17.7. The molecule has 0 aromatic heterocycles. The number of nitro benzene ring substituents is 1. The SMILES string of the molecule is CN(C)c1ccc([N+](=O)[O-])cc1C(=O)N1CCCC(C(N)=O)C1. The molecule has 0 bridgehead atoms. The predicted molar refractivity (Wildman–Crippen MR) is 85.2 cm³/mol. The Morgan fingerprint density at radius 2 is 2.09 bits per heavy atom. The molecule has 1 atom stereocenters. The van der Waals surface area contributed by atoms with E-state index in [4.69, 9.17) is 5.73 Å². The molecule has 1 aliphatic heterocycles. The summed E-state index contributed by atoms with van der Waals surface area (Å²) in [6.45, 7) is 0.766. The Hall–Kier alpha value is -2.64. The lowest BCUT2D eigenvalue weighted by molar-refractivity contribution is -0.384. The fraction of sp³-hybridized carbons (Fsp3) is 0.467. The average molecular weight is 320 g/mol. The molecular weight excluding hydrogens is 300 g/mol. The number of carbonyl (C=O) groups excluding carboxylic acids is 2. The quantitative estimate of drug-likeness (QED) is 0.657. The highest BCUT2D eigenvalue weighted by atomic mass is 16.6. The lowest BCUT2D eigenvalue weighted by Crippen LogP contribution is -2.44. The number of amides is 2. The fourth-order valence-electron chi connectivity index (χ4n) is 2.76. The first-order valence-corrected chi connectivity index (χ1v) is 7.35. The van der Waals surface area contributed by atoms with Gasteiger partial charge < -0.3 is 15.5 Å². The molecule has 1 aliphatic rings.